The molecule has 0 radical (unpaired) electrons. The van der Waals surface area contributed by atoms with E-state index in [1.54, 1.807) is 24.7 Å². The van der Waals surface area contributed by atoms with Crippen molar-refractivity contribution in [2.75, 3.05) is 36.0 Å². The number of amides is 1. The smallest absolute Gasteiger partial charge is 0.270 e. The Morgan fingerprint density at radius 3 is 2.36 bits per heavy atom. The molecular formula is C21H22N6O. The Kier molecular flexibility index (Phi) is 5.42. The molecule has 1 saturated heterocycles. The molecule has 2 aromatic heterocycles. The zero-order valence-electron chi connectivity index (χ0n) is 15.5. The van der Waals surface area contributed by atoms with Crippen LogP contribution in [0.4, 0.5) is 11.6 Å². The van der Waals surface area contributed by atoms with Crippen LogP contribution >= 0.6 is 0 Å². The lowest BCUT2D eigenvalue weighted by Gasteiger charge is -2.36. The molecule has 0 atom stereocenters. The number of nitrogens with one attached hydrogen (secondary N) is 1. The highest BCUT2D eigenvalue weighted by Crippen LogP contribution is 2.18. The molecule has 1 fully saturated rings. The second kappa shape index (κ2) is 8.47. The van der Waals surface area contributed by atoms with Gasteiger partial charge in [0.25, 0.3) is 5.91 Å². The van der Waals surface area contributed by atoms with Crippen LogP contribution in [0.3, 0.4) is 0 Å². The number of nitrogens with zero attached hydrogens (tertiary/aromatic N) is 5. The van der Waals surface area contributed by atoms with Gasteiger partial charge in [-0.25, -0.2) is 9.97 Å². The van der Waals surface area contributed by atoms with E-state index in [1.807, 2.05) is 18.2 Å². The maximum atomic E-state index is 12.4. The van der Waals surface area contributed by atoms with Crippen molar-refractivity contribution in [3.8, 4) is 0 Å². The van der Waals surface area contributed by atoms with Gasteiger partial charge in [-0.2, -0.15) is 0 Å². The van der Waals surface area contributed by atoms with E-state index in [1.165, 1.54) is 5.69 Å². The van der Waals surface area contributed by atoms with Crippen LogP contribution in [0, 0.1) is 0 Å². The Bertz CT molecular complexity index is 910. The summed E-state index contributed by atoms with van der Waals surface area (Å²) in [7, 11) is 0. The molecule has 0 spiro atoms. The van der Waals surface area contributed by atoms with Crippen LogP contribution in [0.15, 0.2) is 67.1 Å². The first-order chi connectivity index (χ1) is 13.8. The van der Waals surface area contributed by atoms with Crippen molar-refractivity contribution in [2.45, 2.75) is 6.54 Å². The van der Waals surface area contributed by atoms with E-state index in [4.69, 9.17) is 0 Å². The number of rotatable bonds is 5. The van der Waals surface area contributed by atoms with E-state index >= 15 is 0 Å². The van der Waals surface area contributed by atoms with E-state index < -0.39 is 0 Å². The minimum absolute atomic E-state index is 0.205. The van der Waals surface area contributed by atoms with Crippen molar-refractivity contribution in [2.24, 2.45) is 0 Å². The largest absolute Gasteiger partial charge is 0.368 e. The standard InChI is InChI=1S/C21H22N6O/c28-20(24-16-17-6-9-22-10-7-17)19-8-11-23-21(25-19)27-14-12-26(13-15-27)18-4-2-1-3-5-18/h1-11H,12-16H2,(H,24,28). The third-order valence-electron chi connectivity index (χ3n) is 4.76. The van der Waals surface area contributed by atoms with E-state index in [2.05, 4.69) is 54.3 Å². The van der Waals surface area contributed by atoms with Gasteiger partial charge in [0, 0.05) is 57.0 Å². The van der Waals surface area contributed by atoms with Gasteiger partial charge in [-0.3, -0.25) is 9.78 Å². The average molecular weight is 374 g/mol. The molecule has 3 heterocycles. The van der Waals surface area contributed by atoms with Crippen LogP contribution in [-0.4, -0.2) is 47.0 Å². The van der Waals surface area contributed by atoms with Crippen molar-refractivity contribution in [3.63, 3.8) is 0 Å². The molecule has 0 bridgehead atoms. The van der Waals surface area contributed by atoms with Gasteiger partial charge in [0.05, 0.1) is 0 Å². The first-order valence-corrected chi connectivity index (χ1v) is 9.35. The van der Waals surface area contributed by atoms with E-state index in [9.17, 15) is 4.79 Å². The van der Waals surface area contributed by atoms with Gasteiger partial charge in [0.1, 0.15) is 5.69 Å². The lowest BCUT2D eigenvalue weighted by Crippen LogP contribution is -2.47. The van der Waals surface area contributed by atoms with Gasteiger partial charge in [-0.05, 0) is 35.9 Å². The van der Waals surface area contributed by atoms with E-state index in [0.29, 0.717) is 18.2 Å². The molecule has 1 aromatic carbocycles. The molecule has 1 N–H and O–H groups in total. The number of benzene rings is 1. The molecule has 0 unspecified atom stereocenters. The summed E-state index contributed by atoms with van der Waals surface area (Å²) in [4.78, 5) is 29.7. The topological polar surface area (TPSA) is 74.2 Å². The number of aromatic nitrogens is 3. The summed E-state index contributed by atoms with van der Waals surface area (Å²) >= 11 is 0. The summed E-state index contributed by atoms with van der Waals surface area (Å²) in [6, 6.07) is 15.8. The third-order valence-corrected chi connectivity index (χ3v) is 4.76. The average Bonchev–Trinajstić information content (AvgIpc) is 2.79. The molecule has 142 valence electrons. The van der Waals surface area contributed by atoms with Crippen molar-refractivity contribution in [1.29, 1.82) is 0 Å². The quantitative estimate of drug-likeness (QED) is 0.737. The third kappa shape index (κ3) is 4.25. The second-order valence-corrected chi connectivity index (χ2v) is 6.59. The highest BCUT2D eigenvalue weighted by Gasteiger charge is 2.20. The maximum absolute atomic E-state index is 12.4. The van der Waals surface area contributed by atoms with Crippen LogP contribution in [0.1, 0.15) is 16.1 Å². The molecule has 28 heavy (non-hydrogen) atoms. The number of anilines is 2. The molecule has 4 rings (SSSR count). The zero-order valence-corrected chi connectivity index (χ0v) is 15.5. The molecular weight excluding hydrogens is 352 g/mol. The Morgan fingerprint density at radius 1 is 0.893 bits per heavy atom. The Morgan fingerprint density at radius 2 is 1.61 bits per heavy atom. The van der Waals surface area contributed by atoms with Gasteiger partial charge in [0.15, 0.2) is 0 Å². The lowest BCUT2D eigenvalue weighted by molar-refractivity contribution is 0.0946. The van der Waals surface area contributed by atoms with E-state index in [0.717, 1.165) is 31.7 Å². The van der Waals surface area contributed by atoms with Gasteiger partial charge in [0.2, 0.25) is 5.95 Å². The summed E-state index contributed by atoms with van der Waals surface area (Å²) in [6.07, 6.45) is 5.06. The molecule has 7 nitrogen and oxygen atoms in total. The fraction of sp³-hybridized carbons (Fsp3) is 0.238. The molecule has 1 aliphatic rings. The predicted octanol–water partition coefficient (Wildman–Crippen LogP) is 2.13. The SMILES string of the molecule is O=C(NCc1ccncc1)c1ccnc(N2CCN(c3ccccc3)CC2)n1. The summed E-state index contributed by atoms with van der Waals surface area (Å²) < 4.78 is 0. The van der Waals surface area contributed by atoms with Gasteiger partial charge >= 0.3 is 0 Å². The first-order valence-electron chi connectivity index (χ1n) is 9.35. The fourth-order valence-corrected chi connectivity index (χ4v) is 3.20. The molecule has 0 aliphatic carbocycles. The van der Waals surface area contributed by atoms with Crippen LogP contribution in [-0.2, 0) is 6.54 Å². The molecule has 0 saturated carbocycles. The van der Waals surface area contributed by atoms with Gasteiger partial charge in [-0.1, -0.05) is 18.2 Å². The second-order valence-electron chi connectivity index (χ2n) is 6.59. The number of para-hydroxylation sites is 1. The molecule has 7 heteroatoms. The Labute approximate surface area is 164 Å². The molecule has 3 aromatic rings. The number of carbonyl (C=O) groups is 1. The first kappa shape index (κ1) is 17.9. The van der Waals surface area contributed by atoms with Crippen molar-refractivity contribution >= 4 is 17.5 Å². The molecule has 1 aliphatic heterocycles. The maximum Gasteiger partial charge on any atom is 0.270 e. The highest BCUT2D eigenvalue weighted by molar-refractivity contribution is 5.92. The van der Waals surface area contributed by atoms with Crippen LogP contribution in [0.25, 0.3) is 0 Å². The normalized spacial score (nSPS) is 14.0. The Hall–Kier alpha value is -3.48. The monoisotopic (exact) mass is 374 g/mol. The fourth-order valence-electron chi connectivity index (χ4n) is 3.20. The minimum atomic E-state index is -0.205. The lowest BCUT2D eigenvalue weighted by atomic mass is 10.2. The number of pyridine rings is 1. The number of piperazine rings is 1. The minimum Gasteiger partial charge on any atom is -0.368 e. The molecule has 1 amide bonds. The zero-order chi connectivity index (χ0) is 19.2. The van der Waals surface area contributed by atoms with Crippen LogP contribution < -0.4 is 15.1 Å². The van der Waals surface area contributed by atoms with Crippen LogP contribution in [0.2, 0.25) is 0 Å². The van der Waals surface area contributed by atoms with Crippen molar-refractivity contribution < 1.29 is 4.79 Å². The van der Waals surface area contributed by atoms with Crippen molar-refractivity contribution in [3.05, 3.63) is 78.4 Å². The van der Waals surface area contributed by atoms with Crippen molar-refractivity contribution in [1.82, 2.24) is 20.3 Å². The summed E-state index contributed by atoms with van der Waals surface area (Å²) in [6.45, 7) is 3.86. The summed E-state index contributed by atoms with van der Waals surface area (Å²) in [5.41, 5.74) is 2.60. The van der Waals surface area contributed by atoms with E-state index in [-0.39, 0.29) is 5.91 Å². The van der Waals surface area contributed by atoms with Gasteiger partial charge in [-0.15, -0.1) is 0 Å². The van der Waals surface area contributed by atoms with Gasteiger partial charge < -0.3 is 15.1 Å². The van der Waals surface area contributed by atoms with Crippen LogP contribution in [0.5, 0.6) is 0 Å². The predicted molar refractivity (Wildman–Crippen MR) is 108 cm³/mol. The number of hydrogen-bond acceptors (Lipinski definition) is 6. The Balaban J connectivity index is 1.37. The number of carbonyl (C=O) groups excluding carboxylic acids is 1. The highest BCUT2D eigenvalue weighted by atomic mass is 16.1. The summed E-state index contributed by atoms with van der Waals surface area (Å²) in [5, 5.41) is 2.89. The summed E-state index contributed by atoms with van der Waals surface area (Å²) in [5.74, 6) is 0.396. The number of hydrogen-bond donors (Lipinski definition) is 1.